The standard InChI is InChI=1S/C11H7ClF6OS/c1-5(19)9(12)7-3-2-6(20-11(16,17)18)4-8(7)10(13,14)15/h2-4,9H,1H3. The van der Waals surface area contributed by atoms with E-state index in [1.807, 2.05) is 0 Å². The molecule has 1 rings (SSSR count). The van der Waals surface area contributed by atoms with Crippen LogP contribution in [0.1, 0.15) is 23.4 Å². The molecule has 1 aromatic rings. The largest absolute Gasteiger partial charge is 0.446 e. The van der Waals surface area contributed by atoms with Gasteiger partial charge in [-0.1, -0.05) is 6.07 Å². The first-order chi connectivity index (χ1) is 8.92. The number of ketones is 1. The van der Waals surface area contributed by atoms with E-state index in [0.717, 1.165) is 19.1 Å². The Morgan fingerprint density at radius 1 is 1.20 bits per heavy atom. The first kappa shape index (κ1) is 17.2. The Bertz CT molecular complexity index is 511. The third-order valence-corrected chi connectivity index (χ3v) is 3.46. The Morgan fingerprint density at radius 3 is 2.15 bits per heavy atom. The van der Waals surface area contributed by atoms with Crippen molar-refractivity contribution in [3.8, 4) is 0 Å². The van der Waals surface area contributed by atoms with Gasteiger partial charge in [0, 0.05) is 4.90 Å². The smallest absolute Gasteiger partial charge is 0.298 e. The third kappa shape index (κ3) is 4.59. The quantitative estimate of drug-likeness (QED) is 0.429. The molecule has 0 bridgehead atoms. The van der Waals surface area contributed by atoms with E-state index in [-0.39, 0.29) is 0 Å². The molecular formula is C11H7ClF6OS. The van der Waals surface area contributed by atoms with Crippen molar-refractivity contribution in [3.05, 3.63) is 29.3 Å². The highest BCUT2D eigenvalue weighted by Gasteiger charge is 2.37. The molecule has 20 heavy (non-hydrogen) atoms. The lowest BCUT2D eigenvalue weighted by atomic mass is 10.0. The van der Waals surface area contributed by atoms with E-state index in [2.05, 4.69) is 0 Å². The average molecular weight is 337 g/mol. The number of carbonyl (C=O) groups excluding carboxylic acids is 1. The minimum Gasteiger partial charge on any atom is -0.298 e. The minimum atomic E-state index is -4.90. The molecule has 1 nitrogen and oxygen atoms in total. The zero-order valence-corrected chi connectivity index (χ0v) is 11.3. The zero-order chi connectivity index (χ0) is 15.7. The van der Waals surface area contributed by atoms with Crippen molar-refractivity contribution in [1.82, 2.24) is 0 Å². The highest BCUT2D eigenvalue weighted by molar-refractivity contribution is 8.00. The van der Waals surface area contributed by atoms with Crippen LogP contribution < -0.4 is 0 Å². The highest BCUT2D eigenvalue weighted by Crippen LogP contribution is 2.42. The van der Waals surface area contributed by atoms with Crippen molar-refractivity contribution in [2.45, 2.75) is 28.9 Å². The summed E-state index contributed by atoms with van der Waals surface area (Å²) >= 11 is 4.89. The van der Waals surface area contributed by atoms with E-state index in [1.54, 1.807) is 0 Å². The van der Waals surface area contributed by atoms with Crippen LogP contribution in [-0.4, -0.2) is 11.3 Å². The summed E-state index contributed by atoms with van der Waals surface area (Å²) in [6.45, 7) is 0.996. The molecule has 0 spiro atoms. The van der Waals surface area contributed by atoms with Gasteiger partial charge >= 0.3 is 11.7 Å². The molecule has 0 saturated carbocycles. The van der Waals surface area contributed by atoms with Gasteiger partial charge in [0.2, 0.25) is 0 Å². The van der Waals surface area contributed by atoms with Gasteiger partial charge in [-0.3, -0.25) is 4.79 Å². The van der Waals surface area contributed by atoms with Gasteiger partial charge in [0.05, 0.1) is 5.56 Å². The molecule has 0 aromatic heterocycles. The zero-order valence-electron chi connectivity index (χ0n) is 9.77. The number of thioether (sulfide) groups is 1. The summed E-state index contributed by atoms with van der Waals surface area (Å²) in [7, 11) is 0. The molecular weight excluding hydrogens is 330 g/mol. The average Bonchev–Trinajstić information content (AvgIpc) is 2.24. The number of alkyl halides is 7. The van der Waals surface area contributed by atoms with Crippen LogP contribution >= 0.6 is 23.4 Å². The summed E-state index contributed by atoms with van der Waals surface area (Å²) in [5.74, 6) is -0.728. The molecule has 0 aliphatic heterocycles. The van der Waals surface area contributed by atoms with Crippen LogP contribution in [-0.2, 0) is 11.0 Å². The van der Waals surface area contributed by atoms with Crippen LogP contribution in [0.5, 0.6) is 0 Å². The first-order valence-corrected chi connectivity index (χ1v) is 6.28. The van der Waals surface area contributed by atoms with Crippen LogP contribution in [0, 0.1) is 0 Å². The minimum absolute atomic E-state index is 0.339. The van der Waals surface area contributed by atoms with Crippen LogP contribution in [0.2, 0.25) is 0 Å². The van der Waals surface area contributed by atoms with Crippen LogP contribution in [0.25, 0.3) is 0 Å². The van der Waals surface area contributed by atoms with Crippen LogP contribution in [0.4, 0.5) is 26.3 Å². The molecule has 0 aliphatic rings. The molecule has 9 heteroatoms. The lowest BCUT2D eigenvalue weighted by Crippen LogP contribution is -2.14. The fraction of sp³-hybridized carbons (Fsp3) is 0.364. The van der Waals surface area contributed by atoms with Gasteiger partial charge in [0.1, 0.15) is 5.38 Å². The normalized spacial score (nSPS) is 14.2. The van der Waals surface area contributed by atoms with Gasteiger partial charge in [-0.15, -0.1) is 11.6 Å². The summed E-state index contributed by atoms with van der Waals surface area (Å²) in [6.07, 6.45) is -4.90. The second kappa shape index (κ2) is 5.85. The Hall–Kier alpha value is -0.890. The van der Waals surface area contributed by atoms with Crippen LogP contribution in [0.3, 0.4) is 0 Å². The maximum absolute atomic E-state index is 12.8. The number of rotatable bonds is 3. The molecule has 0 aliphatic carbocycles. The SMILES string of the molecule is CC(=O)C(Cl)c1ccc(SC(F)(F)F)cc1C(F)(F)F. The van der Waals surface area contributed by atoms with E-state index in [4.69, 9.17) is 11.6 Å². The third-order valence-electron chi connectivity index (χ3n) is 2.19. The second-order valence-corrected chi connectivity index (χ2v) is 5.34. The number of halogens is 7. The Balaban J connectivity index is 3.31. The molecule has 0 amide bonds. The van der Waals surface area contributed by atoms with E-state index in [9.17, 15) is 31.1 Å². The van der Waals surface area contributed by atoms with Gasteiger partial charge in [-0.2, -0.15) is 26.3 Å². The molecule has 0 N–H and O–H groups in total. The Labute approximate surface area is 119 Å². The number of benzene rings is 1. The maximum Gasteiger partial charge on any atom is 0.446 e. The number of hydrogen-bond acceptors (Lipinski definition) is 2. The fourth-order valence-electron chi connectivity index (χ4n) is 1.42. The topological polar surface area (TPSA) is 17.1 Å². The van der Waals surface area contributed by atoms with Crippen molar-refractivity contribution in [2.75, 3.05) is 0 Å². The Kier molecular flexibility index (Phi) is 5.02. The van der Waals surface area contributed by atoms with Crippen molar-refractivity contribution in [3.63, 3.8) is 0 Å². The summed E-state index contributed by atoms with van der Waals surface area (Å²) in [5, 5.41) is -1.56. The summed E-state index contributed by atoms with van der Waals surface area (Å²) in [4.78, 5) is 10.4. The van der Waals surface area contributed by atoms with E-state index in [0.29, 0.717) is 6.07 Å². The maximum atomic E-state index is 12.8. The van der Waals surface area contributed by atoms with Gasteiger partial charge in [0.15, 0.2) is 5.78 Å². The molecule has 112 valence electrons. The molecule has 0 heterocycles. The molecule has 1 unspecified atom stereocenters. The molecule has 1 aromatic carbocycles. The fourth-order valence-corrected chi connectivity index (χ4v) is 2.19. The van der Waals surface area contributed by atoms with Gasteiger partial charge in [-0.25, -0.2) is 0 Å². The van der Waals surface area contributed by atoms with E-state index >= 15 is 0 Å². The summed E-state index contributed by atoms with van der Waals surface area (Å²) in [5.41, 5.74) is -6.61. The van der Waals surface area contributed by atoms with Gasteiger partial charge in [-0.05, 0) is 36.4 Å². The first-order valence-electron chi connectivity index (χ1n) is 5.03. The van der Waals surface area contributed by atoms with Crippen molar-refractivity contribution >= 4 is 29.1 Å². The number of hydrogen-bond donors (Lipinski definition) is 0. The molecule has 1 atom stereocenters. The van der Waals surface area contributed by atoms with Crippen molar-refractivity contribution < 1.29 is 31.1 Å². The van der Waals surface area contributed by atoms with Crippen LogP contribution in [0.15, 0.2) is 23.1 Å². The summed E-state index contributed by atoms with van der Waals surface area (Å²) < 4.78 is 74.9. The van der Waals surface area contributed by atoms with E-state index < -0.39 is 50.6 Å². The molecule has 0 fully saturated rings. The highest BCUT2D eigenvalue weighted by atomic mass is 35.5. The predicted octanol–water partition coefficient (Wildman–Crippen LogP) is 5.19. The van der Waals surface area contributed by atoms with Crippen molar-refractivity contribution in [1.29, 1.82) is 0 Å². The molecule has 0 saturated heterocycles. The Morgan fingerprint density at radius 2 is 1.75 bits per heavy atom. The van der Waals surface area contributed by atoms with Gasteiger partial charge < -0.3 is 0 Å². The second-order valence-electron chi connectivity index (χ2n) is 3.77. The van der Waals surface area contributed by atoms with Crippen molar-refractivity contribution in [2.24, 2.45) is 0 Å². The lowest BCUT2D eigenvalue weighted by molar-refractivity contribution is -0.138. The summed E-state index contributed by atoms with van der Waals surface area (Å²) in [6, 6.07) is 1.98. The van der Waals surface area contributed by atoms with Gasteiger partial charge in [0.25, 0.3) is 0 Å². The van der Waals surface area contributed by atoms with E-state index in [1.165, 1.54) is 0 Å². The monoisotopic (exact) mass is 336 g/mol. The molecule has 0 radical (unpaired) electrons. The number of carbonyl (C=O) groups is 1. The number of Topliss-reactive ketones (excluding diaryl/α,β-unsaturated/α-hetero) is 1. The predicted molar refractivity (Wildman–Crippen MR) is 62.6 cm³/mol. The lowest BCUT2D eigenvalue weighted by Gasteiger charge is -2.17.